The van der Waals surface area contributed by atoms with E-state index in [9.17, 15) is 13.2 Å². The van der Waals surface area contributed by atoms with Crippen molar-refractivity contribution >= 4 is 5.69 Å². The van der Waals surface area contributed by atoms with Crippen LogP contribution in [0.25, 0.3) is 0 Å². The molecule has 1 aliphatic heterocycles. The molecule has 0 spiro atoms. The maximum atomic E-state index is 12.8. The molecule has 2 aromatic carbocycles. The quantitative estimate of drug-likeness (QED) is 0.622. The van der Waals surface area contributed by atoms with Crippen LogP contribution in [0.2, 0.25) is 0 Å². The molecule has 1 fully saturated rings. The van der Waals surface area contributed by atoms with E-state index in [4.69, 9.17) is 0 Å². The first-order valence-electron chi connectivity index (χ1n) is 10.2. The summed E-state index contributed by atoms with van der Waals surface area (Å²) in [6, 6.07) is 15.9. The summed E-state index contributed by atoms with van der Waals surface area (Å²) in [7, 11) is 0. The zero-order valence-electron chi connectivity index (χ0n) is 16.4. The highest BCUT2D eigenvalue weighted by Gasteiger charge is 2.31. The lowest BCUT2D eigenvalue weighted by Crippen LogP contribution is -2.42. The lowest BCUT2D eigenvalue weighted by atomic mass is 9.80. The topological polar surface area (TPSA) is 15.3 Å². The third-order valence-electron chi connectivity index (χ3n) is 5.65. The number of alkyl halides is 3. The van der Waals surface area contributed by atoms with Crippen LogP contribution in [0, 0.1) is 5.92 Å². The zero-order chi connectivity index (χ0) is 20.0. The van der Waals surface area contributed by atoms with Gasteiger partial charge in [0, 0.05) is 18.8 Å². The Labute approximate surface area is 165 Å². The van der Waals surface area contributed by atoms with E-state index >= 15 is 0 Å². The van der Waals surface area contributed by atoms with Crippen molar-refractivity contribution in [3.63, 3.8) is 0 Å². The molecule has 1 aliphatic rings. The predicted octanol–water partition coefficient (Wildman–Crippen LogP) is 6.02. The molecular formula is C23H29F3N2. The summed E-state index contributed by atoms with van der Waals surface area (Å²) in [5.74, 6) is 0.899. The number of halogens is 3. The van der Waals surface area contributed by atoms with E-state index in [-0.39, 0.29) is 0 Å². The SMILES string of the molecule is CCCCN1CCC(c2ccccc2)C(CNc2ccc(C(F)(F)F)cc2)C1. The van der Waals surface area contributed by atoms with Crippen LogP contribution in [0.15, 0.2) is 54.6 Å². The van der Waals surface area contributed by atoms with Gasteiger partial charge in [-0.3, -0.25) is 0 Å². The number of rotatable bonds is 7. The van der Waals surface area contributed by atoms with Gasteiger partial charge in [0.25, 0.3) is 0 Å². The van der Waals surface area contributed by atoms with Gasteiger partial charge >= 0.3 is 6.18 Å². The van der Waals surface area contributed by atoms with Crippen molar-refractivity contribution in [1.82, 2.24) is 4.90 Å². The second kappa shape index (κ2) is 9.46. The van der Waals surface area contributed by atoms with Gasteiger partial charge < -0.3 is 10.2 Å². The molecular weight excluding hydrogens is 361 g/mol. The average molecular weight is 390 g/mol. The summed E-state index contributed by atoms with van der Waals surface area (Å²) < 4.78 is 38.3. The summed E-state index contributed by atoms with van der Waals surface area (Å²) in [4.78, 5) is 2.53. The maximum Gasteiger partial charge on any atom is 0.416 e. The Bertz CT molecular complexity index is 713. The summed E-state index contributed by atoms with van der Waals surface area (Å²) in [5, 5.41) is 3.38. The first kappa shape index (κ1) is 20.7. The van der Waals surface area contributed by atoms with Crippen molar-refractivity contribution in [1.29, 1.82) is 0 Å². The number of unbranched alkanes of at least 4 members (excludes halogenated alkanes) is 1. The van der Waals surface area contributed by atoms with Crippen LogP contribution in [-0.4, -0.2) is 31.1 Å². The highest BCUT2D eigenvalue weighted by atomic mass is 19.4. The van der Waals surface area contributed by atoms with Gasteiger partial charge in [0.15, 0.2) is 0 Å². The number of anilines is 1. The van der Waals surface area contributed by atoms with E-state index in [2.05, 4.69) is 41.4 Å². The van der Waals surface area contributed by atoms with Crippen LogP contribution < -0.4 is 5.32 Å². The molecule has 1 saturated heterocycles. The lowest BCUT2D eigenvalue weighted by molar-refractivity contribution is -0.137. The standard InChI is InChI=1S/C23H29F3N2/c1-2-3-14-28-15-13-22(18-7-5-4-6-8-18)19(17-28)16-27-21-11-9-20(10-12-21)23(24,25)26/h4-12,19,22,27H,2-3,13-17H2,1H3. The fourth-order valence-corrected chi connectivity index (χ4v) is 4.06. The van der Waals surface area contributed by atoms with Crippen LogP contribution >= 0.6 is 0 Å². The van der Waals surface area contributed by atoms with E-state index in [1.165, 1.54) is 30.5 Å². The van der Waals surface area contributed by atoms with Gasteiger partial charge in [0.1, 0.15) is 0 Å². The summed E-state index contributed by atoms with van der Waals surface area (Å²) in [5.41, 5.74) is 1.49. The number of nitrogens with one attached hydrogen (secondary N) is 1. The second-order valence-corrected chi connectivity index (χ2v) is 7.68. The lowest BCUT2D eigenvalue weighted by Gasteiger charge is -2.39. The Morgan fingerprint density at radius 2 is 1.75 bits per heavy atom. The number of nitrogens with zero attached hydrogens (tertiary/aromatic N) is 1. The zero-order valence-corrected chi connectivity index (χ0v) is 16.4. The van der Waals surface area contributed by atoms with Crippen molar-refractivity contribution in [3.05, 3.63) is 65.7 Å². The molecule has 1 heterocycles. The van der Waals surface area contributed by atoms with E-state index in [1.54, 1.807) is 0 Å². The number of piperidine rings is 1. The van der Waals surface area contributed by atoms with Crippen LogP contribution in [0.3, 0.4) is 0 Å². The number of benzene rings is 2. The molecule has 1 N–H and O–H groups in total. The molecule has 0 amide bonds. The van der Waals surface area contributed by atoms with Crippen molar-refractivity contribution in [2.45, 2.75) is 38.3 Å². The molecule has 0 aliphatic carbocycles. The Balaban J connectivity index is 1.67. The third-order valence-corrected chi connectivity index (χ3v) is 5.65. The predicted molar refractivity (Wildman–Crippen MR) is 109 cm³/mol. The Morgan fingerprint density at radius 1 is 1.04 bits per heavy atom. The van der Waals surface area contributed by atoms with E-state index in [0.29, 0.717) is 11.8 Å². The summed E-state index contributed by atoms with van der Waals surface area (Å²) in [6.45, 7) is 6.21. The molecule has 2 aromatic rings. The molecule has 152 valence electrons. The molecule has 3 rings (SSSR count). The van der Waals surface area contributed by atoms with Crippen molar-refractivity contribution in [3.8, 4) is 0 Å². The van der Waals surface area contributed by atoms with Gasteiger partial charge in [-0.15, -0.1) is 0 Å². The van der Waals surface area contributed by atoms with Gasteiger partial charge in [0.05, 0.1) is 5.56 Å². The molecule has 2 nitrogen and oxygen atoms in total. The van der Waals surface area contributed by atoms with E-state index in [1.807, 2.05) is 6.07 Å². The van der Waals surface area contributed by atoms with Crippen LogP contribution in [-0.2, 0) is 6.18 Å². The number of hydrogen-bond acceptors (Lipinski definition) is 2. The fourth-order valence-electron chi connectivity index (χ4n) is 4.06. The van der Waals surface area contributed by atoms with Gasteiger partial charge in [-0.2, -0.15) is 13.2 Å². The molecule has 28 heavy (non-hydrogen) atoms. The first-order valence-corrected chi connectivity index (χ1v) is 10.2. The second-order valence-electron chi connectivity index (χ2n) is 7.68. The maximum absolute atomic E-state index is 12.8. The summed E-state index contributed by atoms with van der Waals surface area (Å²) >= 11 is 0. The molecule has 0 bridgehead atoms. The summed E-state index contributed by atoms with van der Waals surface area (Å²) in [6.07, 6.45) is -0.782. The normalized spacial score (nSPS) is 20.9. The fraction of sp³-hybridized carbons (Fsp3) is 0.478. The Morgan fingerprint density at radius 3 is 2.39 bits per heavy atom. The molecule has 0 radical (unpaired) electrons. The van der Waals surface area contributed by atoms with Crippen molar-refractivity contribution in [2.75, 3.05) is 31.5 Å². The van der Waals surface area contributed by atoms with Gasteiger partial charge in [-0.05, 0) is 67.6 Å². The molecule has 0 aromatic heterocycles. The minimum atomic E-state index is -4.29. The minimum absolute atomic E-state index is 0.426. The average Bonchev–Trinajstić information content (AvgIpc) is 2.71. The third kappa shape index (κ3) is 5.51. The minimum Gasteiger partial charge on any atom is -0.385 e. The van der Waals surface area contributed by atoms with Gasteiger partial charge in [-0.1, -0.05) is 43.7 Å². The molecule has 0 saturated carbocycles. The highest BCUT2D eigenvalue weighted by Crippen LogP contribution is 2.34. The number of hydrogen-bond donors (Lipinski definition) is 1. The smallest absolute Gasteiger partial charge is 0.385 e. The van der Waals surface area contributed by atoms with E-state index < -0.39 is 11.7 Å². The van der Waals surface area contributed by atoms with Crippen LogP contribution in [0.1, 0.15) is 43.2 Å². The van der Waals surface area contributed by atoms with Crippen LogP contribution in [0.5, 0.6) is 0 Å². The molecule has 5 heteroatoms. The Hall–Kier alpha value is -2.01. The van der Waals surface area contributed by atoms with Gasteiger partial charge in [-0.25, -0.2) is 0 Å². The van der Waals surface area contributed by atoms with Crippen LogP contribution in [0.4, 0.5) is 18.9 Å². The van der Waals surface area contributed by atoms with Crippen molar-refractivity contribution < 1.29 is 13.2 Å². The monoisotopic (exact) mass is 390 g/mol. The highest BCUT2D eigenvalue weighted by molar-refractivity contribution is 5.45. The molecule has 2 atom stereocenters. The van der Waals surface area contributed by atoms with E-state index in [0.717, 1.165) is 50.4 Å². The molecule has 2 unspecified atom stereocenters. The Kier molecular flexibility index (Phi) is 7.00. The van der Waals surface area contributed by atoms with Crippen molar-refractivity contribution in [2.24, 2.45) is 5.92 Å². The first-order chi connectivity index (χ1) is 13.5. The van der Waals surface area contributed by atoms with Gasteiger partial charge in [0.2, 0.25) is 0 Å². The number of likely N-dealkylation sites (tertiary alicyclic amines) is 1. The largest absolute Gasteiger partial charge is 0.416 e.